The van der Waals surface area contributed by atoms with Crippen LogP contribution in [0.4, 0.5) is 0 Å². The summed E-state index contributed by atoms with van der Waals surface area (Å²) in [6.07, 6.45) is 3.61. The first-order chi connectivity index (χ1) is 8.50. The van der Waals surface area contributed by atoms with Crippen LogP contribution in [0.15, 0.2) is 5.38 Å². The molecule has 0 aromatic carbocycles. The fourth-order valence-corrected chi connectivity index (χ4v) is 3.42. The lowest BCUT2D eigenvalue weighted by Gasteiger charge is -2.33. The number of aliphatic hydroxyl groups is 1. The number of piperidine rings is 1. The third-order valence-electron chi connectivity index (χ3n) is 3.62. The van der Waals surface area contributed by atoms with Gasteiger partial charge in [0, 0.05) is 16.8 Å². The Bertz CT molecular complexity index is 383. The van der Waals surface area contributed by atoms with Crippen molar-refractivity contribution < 1.29 is 5.11 Å². The molecule has 0 aliphatic carbocycles. The Labute approximate surface area is 114 Å². The van der Waals surface area contributed by atoms with E-state index in [2.05, 4.69) is 31.1 Å². The normalized spacial score (nSPS) is 22.3. The van der Waals surface area contributed by atoms with Crippen LogP contribution in [-0.4, -0.2) is 34.2 Å². The number of aliphatic hydroxyl groups excluding tert-OH is 1. The molecule has 102 valence electrons. The molecule has 1 saturated heterocycles. The van der Waals surface area contributed by atoms with Crippen molar-refractivity contribution in [1.29, 1.82) is 0 Å². The van der Waals surface area contributed by atoms with Gasteiger partial charge >= 0.3 is 0 Å². The van der Waals surface area contributed by atoms with E-state index in [1.54, 1.807) is 11.3 Å². The second-order valence-corrected chi connectivity index (χ2v) is 7.12. The van der Waals surface area contributed by atoms with E-state index in [9.17, 15) is 5.11 Å². The van der Waals surface area contributed by atoms with Gasteiger partial charge in [0.2, 0.25) is 0 Å². The Morgan fingerprint density at radius 2 is 2.22 bits per heavy atom. The number of hydrogen-bond acceptors (Lipinski definition) is 4. The lowest BCUT2D eigenvalue weighted by molar-refractivity contribution is 0.0840. The Hall–Kier alpha value is -0.450. The molecule has 1 aromatic rings. The lowest BCUT2D eigenvalue weighted by Crippen LogP contribution is -2.41. The van der Waals surface area contributed by atoms with Crippen molar-refractivity contribution in [1.82, 2.24) is 9.88 Å². The van der Waals surface area contributed by atoms with E-state index >= 15 is 0 Å². The quantitative estimate of drug-likeness (QED) is 0.916. The summed E-state index contributed by atoms with van der Waals surface area (Å²) in [5, 5.41) is 12.8. The van der Waals surface area contributed by atoms with E-state index in [4.69, 9.17) is 4.98 Å². The zero-order valence-electron chi connectivity index (χ0n) is 11.6. The smallest absolute Gasteiger partial charge is 0.107 e. The van der Waals surface area contributed by atoms with E-state index in [1.165, 1.54) is 23.5 Å². The molecule has 0 spiro atoms. The molecule has 2 heterocycles. The molecular weight excluding hydrogens is 244 g/mol. The van der Waals surface area contributed by atoms with Crippen LogP contribution in [0.2, 0.25) is 0 Å². The summed E-state index contributed by atoms with van der Waals surface area (Å²) >= 11 is 1.75. The molecule has 1 atom stereocenters. The number of nitrogens with zero attached hydrogens (tertiary/aromatic N) is 2. The topological polar surface area (TPSA) is 36.4 Å². The van der Waals surface area contributed by atoms with Crippen LogP contribution in [0.3, 0.4) is 0 Å². The van der Waals surface area contributed by atoms with E-state index < -0.39 is 0 Å². The summed E-state index contributed by atoms with van der Waals surface area (Å²) in [4.78, 5) is 7.12. The van der Waals surface area contributed by atoms with Gasteiger partial charge in [-0.15, -0.1) is 11.3 Å². The van der Waals surface area contributed by atoms with Crippen molar-refractivity contribution in [3.05, 3.63) is 16.1 Å². The minimum Gasteiger partial charge on any atom is -0.395 e. The maximum absolute atomic E-state index is 9.42. The average molecular weight is 268 g/mol. The molecule has 0 radical (unpaired) electrons. The van der Waals surface area contributed by atoms with Gasteiger partial charge in [0.1, 0.15) is 5.01 Å². The molecule has 1 fully saturated rings. The molecule has 0 amide bonds. The summed E-state index contributed by atoms with van der Waals surface area (Å²) in [5.41, 5.74) is 1.31. The van der Waals surface area contributed by atoms with Gasteiger partial charge in [-0.1, -0.05) is 27.2 Å². The number of rotatable bonds is 3. The largest absolute Gasteiger partial charge is 0.395 e. The highest BCUT2D eigenvalue weighted by atomic mass is 32.1. The predicted octanol–water partition coefficient (Wildman–Crippen LogP) is 2.79. The maximum atomic E-state index is 9.42. The van der Waals surface area contributed by atoms with Gasteiger partial charge in [-0.2, -0.15) is 0 Å². The standard InChI is InChI=1S/C14H24N2OS/c1-14(2,3)12-10-18-13(15-12)8-16-7-5-4-6-11(16)9-17/h10-11,17H,4-9H2,1-3H3. The van der Waals surface area contributed by atoms with E-state index in [-0.39, 0.29) is 12.0 Å². The summed E-state index contributed by atoms with van der Waals surface area (Å²) in [6, 6.07) is 0.334. The van der Waals surface area contributed by atoms with Crippen LogP contribution in [0.25, 0.3) is 0 Å². The van der Waals surface area contributed by atoms with Crippen LogP contribution in [0.1, 0.15) is 50.7 Å². The molecule has 1 aromatic heterocycles. The van der Waals surface area contributed by atoms with Crippen molar-refractivity contribution in [3.63, 3.8) is 0 Å². The van der Waals surface area contributed by atoms with Crippen LogP contribution in [-0.2, 0) is 12.0 Å². The summed E-state index contributed by atoms with van der Waals surface area (Å²) in [7, 11) is 0. The van der Waals surface area contributed by atoms with E-state index in [0.29, 0.717) is 6.04 Å². The Balaban J connectivity index is 2.02. The highest BCUT2D eigenvalue weighted by Gasteiger charge is 2.23. The second-order valence-electron chi connectivity index (χ2n) is 6.18. The molecule has 1 unspecified atom stereocenters. The van der Waals surface area contributed by atoms with Gasteiger partial charge in [0.15, 0.2) is 0 Å². The van der Waals surface area contributed by atoms with Crippen molar-refractivity contribution >= 4 is 11.3 Å². The van der Waals surface area contributed by atoms with Gasteiger partial charge in [-0.3, -0.25) is 4.90 Å². The Morgan fingerprint density at radius 1 is 1.44 bits per heavy atom. The molecular formula is C14H24N2OS. The van der Waals surface area contributed by atoms with Crippen molar-refractivity contribution in [2.24, 2.45) is 0 Å². The van der Waals surface area contributed by atoms with Crippen LogP contribution >= 0.6 is 11.3 Å². The molecule has 0 saturated carbocycles. The van der Waals surface area contributed by atoms with Crippen LogP contribution in [0, 0.1) is 0 Å². The molecule has 0 bridgehead atoms. The fourth-order valence-electron chi connectivity index (χ4n) is 2.38. The highest BCUT2D eigenvalue weighted by molar-refractivity contribution is 7.09. The van der Waals surface area contributed by atoms with Gasteiger partial charge in [0.25, 0.3) is 0 Å². The first-order valence-electron chi connectivity index (χ1n) is 6.80. The van der Waals surface area contributed by atoms with Gasteiger partial charge in [-0.05, 0) is 19.4 Å². The third kappa shape index (κ3) is 3.31. The minimum absolute atomic E-state index is 0.132. The minimum atomic E-state index is 0.132. The van der Waals surface area contributed by atoms with Crippen molar-refractivity contribution in [2.75, 3.05) is 13.2 Å². The Kier molecular flexibility index (Phi) is 4.41. The van der Waals surface area contributed by atoms with Gasteiger partial charge in [0.05, 0.1) is 18.8 Å². The maximum Gasteiger partial charge on any atom is 0.107 e. The molecule has 1 N–H and O–H groups in total. The number of hydrogen-bond donors (Lipinski definition) is 1. The molecule has 2 rings (SSSR count). The van der Waals surface area contributed by atoms with Gasteiger partial charge in [-0.25, -0.2) is 4.98 Å². The molecule has 18 heavy (non-hydrogen) atoms. The lowest BCUT2D eigenvalue weighted by atomic mass is 9.93. The van der Waals surface area contributed by atoms with Crippen LogP contribution < -0.4 is 0 Å². The Morgan fingerprint density at radius 3 is 2.83 bits per heavy atom. The van der Waals surface area contributed by atoms with Crippen molar-refractivity contribution in [3.8, 4) is 0 Å². The summed E-state index contributed by atoms with van der Waals surface area (Å²) in [5.74, 6) is 0. The molecule has 1 aliphatic rings. The zero-order chi connectivity index (χ0) is 13.2. The van der Waals surface area contributed by atoms with E-state index in [1.807, 2.05) is 0 Å². The summed E-state index contributed by atoms with van der Waals surface area (Å²) < 4.78 is 0. The monoisotopic (exact) mass is 268 g/mol. The average Bonchev–Trinajstić information content (AvgIpc) is 2.78. The van der Waals surface area contributed by atoms with Crippen molar-refractivity contribution in [2.45, 2.75) is 58.0 Å². The van der Waals surface area contributed by atoms with Crippen LogP contribution in [0.5, 0.6) is 0 Å². The molecule has 1 aliphatic heterocycles. The molecule has 3 nitrogen and oxygen atoms in total. The number of likely N-dealkylation sites (tertiary alicyclic amines) is 1. The highest BCUT2D eigenvalue weighted by Crippen LogP contribution is 2.26. The molecule has 4 heteroatoms. The summed E-state index contributed by atoms with van der Waals surface area (Å²) in [6.45, 7) is 8.86. The second kappa shape index (κ2) is 5.68. The zero-order valence-corrected chi connectivity index (χ0v) is 12.5. The first-order valence-corrected chi connectivity index (χ1v) is 7.68. The number of aromatic nitrogens is 1. The van der Waals surface area contributed by atoms with E-state index in [0.717, 1.165) is 19.5 Å². The first kappa shape index (κ1) is 14.0. The number of thiazole rings is 1. The SMILES string of the molecule is CC(C)(C)c1csc(CN2CCCCC2CO)n1. The van der Waals surface area contributed by atoms with Gasteiger partial charge < -0.3 is 5.11 Å². The third-order valence-corrected chi connectivity index (χ3v) is 4.45. The predicted molar refractivity (Wildman–Crippen MR) is 75.9 cm³/mol. The fraction of sp³-hybridized carbons (Fsp3) is 0.786.